The first-order chi connectivity index (χ1) is 12.2. The Kier molecular flexibility index (Phi) is 4.45. The average Bonchev–Trinajstić information content (AvgIpc) is 2.60. The molecule has 0 N–H and O–H groups in total. The molecule has 0 amide bonds. The van der Waals surface area contributed by atoms with Crippen LogP contribution in [0, 0.1) is 0 Å². The molecule has 6 nitrogen and oxygen atoms in total. The summed E-state index contributed by atoms with van der Waals surface area (Å²) in [4.78, 5) is 7.97. The molecule has 10 heteroatoms. The molecule has 0 unspecified atom stereocenters. The van der Waals surface area contributed by atoms with Gasteiger partial charge in [-0.2, -0.15) is 21.6 Å². The van der Waals surface area contributed by atoms with E-state index in [2.05, 4.69) is 14.2 Å². The average molecular weight is 384 g/mol. The molecule has 3 rings (SSSR count). The van der Waals surface area contributed by atoms with Crippen LogP contribution >= 0.6 is 0 Å². The van der Waals surface area contributed by atoms with Crippen molar-refractivity contribution in [2.24, 2.45) is 0 Å². The summed E-state index contributed by atoms with van der Waals surface area (Å²) in [5.74, 6) is -0.0713. The lowest BCUT2D eigenvalue weighted by Crippen LogP contribution is -2.28. The molecule has 0 atom stereocenters. The quantitative estimate of drug-likeness (QED) is 0.506. The first-order valence-corrected chi connectivity index (χ1v) is 8.53. The predicted octanol–water partition coefficient (Wildman–Crippen LogP) is 3.53. The van der Waals surface area contributed by atoms with Crippen LogP contribution in [0.4, 0.5) is 13.2 Å². The van der Waals surface area contributed by atoms with Gasteiger partial charge in [-0.05, 0) is 29.8 Å². The lowest BCUT2D eigenvalue weighted by Gasteiger charge is -2.10. The highest BCUT2D eigenvalue weighted by molar-refractivity contribution is 7.87. The number of benzene rings is 1. The molecule has 2 aromatic heterocycles. The maximum atomic E-state index is 12.5. The molecular formula is C16H11F3N2O4S. The van der Waals surface area contributed by atoms with Gasteiger partial charge in [-0.3, -0.25) is 4.98 Å². The standard InChI is InChI=1S/C16H11F3N2O4S/c1-24-11-4-2-10(3-5-11)12-8-9-20-13-6-7-14(21-15(12)13)25-26(22,23)16(17,18)19/h2-9H,1H3. The number of fused-ring (bicyclic) bond motifs is 1. The van der Waals surface area contributed by atoms with Crippen molar-refractivity contribution in [1.82, 2.24) is 9.97 Å². The minimum Gasteiger partial charge on any atom is -0.497 e. The number of ether oxygens (including phenoxy) is 1. The third-order valence-electron chi connectivity index (χ3n) is 3.44. The van der Waals surface area contributed by atoms with Gasteiger partial charge in [0.1, 0.15) is 11.3 Å². The highest BCUT2D eigenvalue weighted by atomic mass is 32.2. The van der Waals surface area contributed by atoms with Crippen LogP contribution in [0.15, 0.2) is 48.7 Å². The molecule has 1 aromatic carbocycles. The van der Waals surface area contributed by atoms with E-state index in [9.17, 15) is 21.6 Å². The second-order valence-electron chi connectivity index (χ2n) is 5.09. The van der Waals surface area contributed by atoms with Crippen LogP contribution in [0.5, 0.6) is 11.6 Å². The van der Waals surface area contributed by atoms with Gasteiger partial charge in [0.15, 0.2) is 0 Å². The lowest BCUT2D eigenvalue weighted by molar-refractivity contribution is -0.0501. The number of nitrogens with zero attached hydrogens (tertiary/aromatic N) is 2. The Morgan fingerprint density at radius 1 is 1.00 bits per heavy atom. The zero-order valence-electron chi connectivity index (χ0n) is 13.2. The summed E-state index contributed by atoms with van der Waals surface area (Å²) in [7, 11) is -4.29. The van der Waals surface area contributed by atoms with E-state index in [1.165, 1.54) is 19.4 Å². The van der Waals surface area contributed by atoms with Crippen molar-refractivity contribution in [3.8, 4) is 22.8 Å². The van der Waals surface area contributed by atoms with Crippen LogP contribution in [-0.4, -0.2) is 31.0 Å². The molecule has 0 saturated heterocycles. The van der Waals surface area contributed by atoms with Crippen LogP contribution in [0.1, 0.15) is 0 Å². The van der Waals surface area contributed by atoms with Gasteiger partial charge >= 0.3 is 15.6 Å². The fraction of sp³-hybridized carbons (Fsp3) is 0.125. The largest absolute Gasteiger partial charge is 0.534 e. The Bertz CT molecular complexity index is 1050. The van der Waals surface area contributed by atoms with Crippen LogP contribution in [0.3, 0.4) is 0 Å². The van der Waals surface area contributed by atoms with E-state index in [0.29, 0.717) is 22.4 Å². The van der Waals surface area contributed by atoms with Crippen LogP contribution in [-0.2, 0) is 10.1 Å². The van der Waals surface area contributed by atoms with E-state index in [1.807, 2.05) is 0 Å². The van der Waals surface area contributed by atoms with Gasteiger partial charge in [-0.1, -0.05) is 12.1 Å². The normalized spacial score (nSPS) is 12.2. The maximum absolute atomic E-state index is 12.5. The number of aromatic nitrogens is 2. The van der Waals surface area contributed by atoms with Crippen molar-refractivity contribution in [2.75, 3.05) is 7.11 Å². The van der Waals surface area contributed by atoms with Gasteiger partial charge in [0.05, 0.1) is 12.6 Å². The molecule has 0 radical (unpaired) electrons. The van der Waals surface area contributed by atoms with Crippen molar-refractivity contribution < 1.29 is 30.5 Å². The maximum Gasteiger partial charge on any atom is 0.534 e. The van der Waals surface area contributed by atoms with Crippen LogP contribution in [0.25, 0.3) is 22.2 Å². The number of pyridine rings is 2. The molecule has 0 saturated carbocycles. The van der Waals surface area contributed by atoms with Crippen LogP contribution < -0.4 is 8.92 Å². The number of rotatable bonds is 4. The zero-order chi connectivity index (χ0) is 18.9. The predicted molar refractivity (Wildman–Crippen MR) is 87.1 cm³/mol. The van der Waals surface area contributed by atoms with E-state index >= 15 is 0 Å². The molecule has 0 spiro atoms. The Balaban J connectivity index is 2.08. The third kappa shape index (κ3) is 3.40. The Hall–Kier alpha value is -2.88. The molecule has 0 bridgehead atoms. The van der Waals surface area contributed by atoms with Gasteiger partial charge in [-0.25, -0.2) is 4.98 Å². The van der Waals surface area contributed by atoms with E-state index in [-0.39, 0.29) is 5.52 Å². The summed E-state index contributed by atoms with van der Waals surface area (Å²) >= 11 is 0. The minimum absolute atomic E-state index is 0.201. The molecule has 2 heterocycles. The van der Waals surface area contributed by atoms with E-state index < -0.39 is 21.5 Å². The SMILES string of the molecule is COc1ccc(-c2ccnc3ccc(OS(=O)(=O)C(F)(F)F)nc23)cc1. The highest BCUT2D eigenvalue weighted by Crippen LogP contribution is 2.31. The first kappa shape index (κ1) is 17.9. The smallest absolute Gasteiger partial charge is 0.497 e. The van der Waals surface area contributed by atoms with Crippen molar-refractivity contribution >= 4 is 21.2 Å². The monoisotopic (exact) mass is 384 g/mol. The van der Waals surface area contributed by atoms with Crippen molar-refractivity contribution in [2.45, 2.75) is 5.51 Å². The summed E-state index contributed by atoms with van der Waals surface area (Å²) in [5.41, 5.74) is -3.73. The van der Waals surface area contributed by atoms with Crippen LogP contribution in [0.2, 0.25) is 0 Å². The van der Waals surface area contributed by atoms with E-state index in [1.54, 1.807) is 30.3 Å². The fourth-order valence-electron chi connectivity index (χ4n) is 2.22. The van der Waals surface area contributed by atoms with Crippen molar-refractivity contribution in [3.63, 3.8) is 0 Å². The van der Waals surface area contributed by atoms with E-state index in [0.717, 1.165) is 6.07 Å². The van der Waals surface area contributed by atoms with Gasteiger partial charge in [0, 0.05) is 17.8 Å². The minimum atomic E-state index is -5.81. The lowest BCUT2D eigenvalue weighted by atomic mass is 10.0. The summed E-state index contributed by atoms with van der Waals surface area (Å²) < 4.78 is 69.0. The molecule has 0 aliphatic carbocycles. The summed E-state index contributed by atoms with van der Waals surface area (Å²) in [6.07, 6.45) is 1.51. The summed E-state index contributed by atoms with van der Waals surface area (Å²) in [6.45, 7) is 0. The molecule has 26 heavy (non-hydrogen) atoms. The number of methoxy groups -OCH3 is 1. The van der Waals surface area contributed by atoms with Gasteiger partial charge in [-0.15, -0.1) is 0 Å². The second-order valence-corrected chi connectivity index (χ2v) is 6.63. The Labute approximate surface area is 146 Å². The molecular weight excluding hydrogens is 373 g/mol. The Morgan fingerprint density at radius 3 is 2.31 bits per heavy atom. The van der Waals surface area contributed by atoms with Crippen molar-refractivity contribution in [3.05, 3.63) is 48.7 Å². The molecule has 0 fully saturated rings. The molecule has 0 aliphatic heterocycles. The highest BCUT2D eigenvalue weighted by Gasteiger charge is 2.48. The first-order valence-electron chi connectivity index (χ1n) is 7.12. The Morgan fingerprint density at radius 2 is 1.69 bits per heavy atom. The number of alkyl halides is 3. The molecule has 136 valence electrons. The second kappa shape index (κ2) is 6.45. The van der Waals surface area contributed by atoms with Crippen molar-refractivity contribution in [1.29, 1.82) is 0 Å². The fourth-order valence-corrected chi connectivity index (χ4v) is 2.63. The number of hydrogen-bond donors (Lipinski definition) is 0. The zero-order valence-corrected chi connectivity index (χ0v) is 14.0. The van der Waals surface area contributed by atoms with Gasteiger partial charge < -0.3 is 8.92 Å². The summed E-state index contributed by atoms with van der Waals surface area (Å²) in [5, 5.41) is 0. The number of halogens is 3. The van der Waals surface area contributed by atoms with E-state index in [4.69, 9.17) is 4.74 Å². The number of hydrogen-bond acceptors (Lipinski definition) is 6. The van der Waals surface area contributed by atoms with Gasteiger partial charge in [0.25, 0.3) is 0 Å². The molecule has 0 aliphatic rings. The molecule has 3 aromatic rings. The summed E-state index contributed by atoms with van der Waals surface area (Å²) in [6, 6.07) is 10.8. The third-order valence-corrected chi connectivity index (χ3v) is 4.40. The topological polar surface area (TPSA) is 78.4 Å². The van der Waals surface area contributed by atoms with Gasteiger partial charge in [0.2, 0.25) is 5.88 Å².